The van der Waals surface area contributed by atoms with Gasteiger partial charge >= 0.3 is 0 Å². The fraction of sp³-hybridized carbons (Fsp3) is 0.222. The first-order chi connectivity index (χ1) is 18.0. The topological polar surface area (TPSA) is 89.8 Å². The zero-order valence-corrected chi connectivity index (χ0v) is 22.2. The van der Waals surface area contributed by atoms with Gasteiger partial charge in [-0.15, -0.1) is 16.4 Å². The van der Waals surface area contributed by atoms with E-state index in [1.165, 1.54) is 0 Å². The van der Waals surface area contributed by atoms with Crippen molar-refractivity contribution < 1.29 is 23.7 Å². The second-order valence-electron chi connectivity index (χ2n) is 8.16. The molecule has 0 saturated heterocycles. The van der Waals surface area contributed by atoms with Gasteiger partial charge in [0.05, 0.1) is 57.6 Å². The van der Waals surface area contributed by atoms with Gasteiger partial charge in [-0.05, 0) is 42.8 Å². The molecule has 5 rings (SSSR count). The number of hydrogen-bond acceptors (Lipinski definition) is 9. The van der Waals surface area contributed by atoms with Crippen LogP contribution in [0.2, 0.25) is 0 Å². The molecular formula is C27H26N4O5S. The van der Waals surface area contributed by atoms with Gasteiger partial charge in [0.25, 0.3) is 0 Å². The minimum absolute atomic E-state index is 0.526. The Hall–Kier alpha value is -4.31. The first kappa shape index (κ1) is 24.4. The van der Waals surface area contributed by atoms with Crippen LogP contribution >= 0.6 is 11.3 Å². The molecule has 0 fully saturated rings. The van der Waals surface area contributed by atoms with Crippen molar-refractivity contribution in [2.45, 2.75) is 6.92 Å². The third-order valence-electron chi connectivity index (χ3n) is 6.03. The summed E-state index contributed by atoms with van der Waals surface area (Å²) >= 11 is 1.58. The van der Waals surface area contributed by atoms with E-state index in [0.717, 1.165) is 43.4 Å². The maximum atomic E-state index is 5.55. The van der Waals surface area contributed by atoms with Gasteiger partial charge in [-0.3, -0.25) is 0 Å². The zero-order valence-electron chi connectivity index (χ0n) is 21.4. The molecule has 0 bridgehead atoms. The molecule has 0 atom stereocenters. The van der Waals surface area contributed by atoms with Gasteiger partial charge < -0.3 is 23.7 Å². The van der Waals surface area contributed by atoms with Crippen molar-refractivity contribution in [2.75, 3.05) is 35.5 Å². The Morgan fingerprint density at radius 3 is 2.11 bits per heavy atom. The monoisotopic (exact) mass is 518 g/mol. The molecule has 0 amide bonds. The van der Waals surface area contributed by atoms with Crippen LogP contribution in [0.3, 0.4) is 0 Å². The van der Waals surface area contributed by atoms with Gasteiger partial charge in [0, 0.05) is 23.3 Å². The fourth-order valence-electron chi connectivity index (χ4n) is 4.16. The molecule has 0 aliphatic carbocycles. The number of benzene rings is 3. The third-order valence-corrected chi connectivity index (χ3v) is 7.16. The minimum atomic E-state index is 0.526. The fourth-order valence-corrected chi connectivity index (χ4v) is 5.19. The van der Waals surface area contributed by atoms with E-state index in [1.54, 1.807) is 51.6 Å². The lowest BCUT2D eigenvalue weighted by atomic mass is 10.1. The zero-order chi connectivity index (χ0) is 26.1. The van der Waals surface area contributed by atoms with Gasteiger partial charge in [0.15, 0.2) is 11.5 Å². The Morgan fingerprint density at radius 2 is 1.49 bits per heavy atom. The van der Waals surface area contributed by atoms with Crippen molar-refractivity contribution in [3.05, 3.63) is 54.2 Å². The Labute approximate surface area is 218 Å². The van der Waals surface area contributed by atoms with Crippen LogP contribution in [0.5, 0.6) is 28.7 Å². The predicted octanol–water partition coefficient (Wildman–Crippen LogP) is 5.56. The lowest BCUT2D eigenvalue weighted by Crippen LogP contribution is -1.98. The lowest BCUT2D eigenvalue weighted by Gasteiger charge is -2.13. The Morgan fingerprint density at radius 1 is 0.757 bits per heavy atom. The standard InChI is InChI=1S/C27H26N4O5S/c1-15-9-16(27-28-19-12-18(32-2)13-24(35-5)26(19)37-27)7-8-21(15)31-14-20(29-30-31)17-10-22(33-3)25(36-6)23(11-17)34-4/h7-14H,1-6H3. The highest BCUT2D eigenvalue weighted by Crippen LogP contribution is 2.41. The first-order valence-corrected chi connectivity index (χ1v) is 12.2. The molecule has 0 aliphatic rings. The summed E-state index contributed by atoms with van der Waals surface area (Å²) in [5.74, 6) is 3.09. The quantitative estimate of drug-likeness (QED) is 0.264. The average molecular weight is 519 g/mol. The highest BCUT2D eigenvalue weighted by atomic mass is 32.1. The summed E-state index contributed by atoms with van der Waals surface area (Å²) in [6.07, 6.45) is 1.87. The second kappa shape index (κ2) is 9.98. The Kier molecular flexibility index (Phi) is 6.58. The van der Waals surface area contributed by atoms with Crippen molar-refractivity contribution in [2.24, 2.45) is 0 Å². The van der Waals surface area contributed by atoms with Crippen LogP contribution in [-0.2, 0) is 0 Å². The Bertz CT molecular complexity index is 1570. The van der Waals surface area contributed by atoms with Crippen molar-refractivity contribution in [3.8, 4) is 56.3 Å². The first-order valence-electron chi connectivity index (χ1n) is 11.4. The van der Waals surface area contributed by atoms with Crippen LogP contribution in [0, 0.1) is 6.92 Å². The molecule has 9 nitrogen and oxygen atoms in total. The molecule has 3 aromatic carbocycles. The maximum absolute atomic E-state index is 5.55. The van der Waals surface area contributed by atoms with Crippen LogP contribution in [-0.4, -0.2) is 55.5 Å². The van der Waals surface area contributed by atoms with E-state index in [0.29, 0.717) is 28.7 Å². The molecule has 2 heterocycles. The van der Waals surface area contributed by atoms with Crippen LogP contribution in [0.4, 0.5) is 0 Å². The highest BCUT2D eigenvalue weighted by molar-refractivity contribution is 7.22. The largest absolute Gasteiger partial charge is 0.497 e. The lowest BCUT2D eigenvalue weighted by molar-refractivity contribution is 0.324. The third kappa shape index (κ3) is 4.40. The van der Waals surface area contributed by atoms with Crippen LogP contribution < -0.4 is 23.7 Å². The van der Waals surface area contributed by atoms with Crippen LogP contribution in [0.1, 0.15) is 5.56 Å². The molecule has 0 aliphatic heterocycles. The molecule has 2 aromatic heterocycles. The average Bonchev–Trinajstić information content (AvgIpc) is 3.59. The maximum Gasteiger partial charge on any atom is 0.203 e. The van der Waals surface area contributed by atoms with Crippen molar-refractivity contribution >= 4 is 21.6 Å². The van der Waals surface area contributed by atoms with Gasteiger partial charge in [0.1, 0.15) is 22.2 Å². The summed E-state index contributed by atoms with van der Waals surface area (Å²) in [4.78, 5) is 4.82. The van der Waals surface area contributed by atoms with Crippen molar-refractivity contribution in [1.29, 1.82) is 0 Å². The Balaban J connectivity index is 1.49. The molecular weight excluding hydrogens is 492 g/mol. The van der Waals surface area contributed by atoms with E-state index in [4.69, 9.17) is 28.7 Å². The summed E-state index contributed by atoms with van der Waals surface area (Å²) in [7, 11) is 8.02. The molecule has 10 heteroatoms. The number of nitrogens with zero attached hydrogens (tertiary/aromatic N) is 4. The number of fused-ring (bicyclic) bond motifs is 1. The normalized spacial score (nSPS) is 11.0. The second-order valence-corrected chi connectivity index (χ2v) is 9.16. The molecule has 0 unspecified atom stereocenters. The summed E-state index contributed by atoms with van der Waals surface area (Å²) in [5.41, 5.74) is 5.26. The van der Waals surface area contributed by atoms with E-state index in [1.807, 2.05) is 49.5 Å². The van der Waals surface area contributed by atoms with E-state index < -0.39 is 0 Å². The summed E-state index contributed by atoms with van der Waals surface area (Å²) < 4.78 is 30.0. The van der Waals surface area contributed by atoms with Crippen molar-refractivity contribution in [3.63, 3.8) is 0 Å². The number of hydrogen-bond donors (Lipinski definition) is 0. The smallest absolute Gasteiger partial charge is 0.203 e. The number of methoxy groups -OCH3 is 5. The summed E-state index contributed by atoms with van der Waals surface area (Å²) in [6.45, 7) is 2.04. The molecule has 5 aromatic rings. The van der Waals surface area contributed by atoms with Crippen LogP contribution in [0.15, 0.2) is 48.7 Å². The number of thiazole rings is 1. The minimum Gasteiger partial charge on any atom is -0.497 e. The van der Waals surface area contributed by atoms with E-state index in [-0.39, 0.29) is 0 Å². The summed E-state index contributed by atoms with van der Waals surface area (Å²) in [6, 6.07) is 13.6. The van der Waals surface area contributed by atoms with Gasteiger partial charge in [-0.2, -0.15) is 0 Å². The summed E-state index contributed by atoms with van der Waals surface area (Å²) in [5, 5.41) is 9.64. The van der Waals surface area contributed by atoms with E-state index in [2.05, 4.69) is 16.4 Å². The number of aromatic nitrogens is 4. The van der Waals surface area contributed by atoms with Crippen LogP contribution in [0.25, 0.3) is 37.7 Å². The van der Waals surface area contributed by atoms with Crippen molar-refractivity contribution in [1.82, 2.24) is 20.0 Å². The number of aryl methyl sites for hydroxylation is 1. The molecule has 0 spiro atoms. The SMILES string of the molecule is COc1cc(OC)c2sc(-c3ccc(-n4cc(-c5cc(OC)c(OC)c(OC)c5)nn4)c(C)c3)nc2c1. The number of ether oxygens (including phenoxy) is 5. The molecule has 190 valence electrons. The highest BCUT2D eigenvalue weighted by Gasteiger charge is 2.17. The van der Waals surface area contributed by atoms with Gasteiger partial charge in [-0.1, -0.05) is 5.21 Å². The van der Waals surface area contributed by atoms with Gasteiger partial charge in [0.2, 0.25) is 5.75 Å². The predicted molar refractivity (Wildman–Crippen MR) is 143 cm³/mol. The molecule has 0 radical (unpaired) electrons. The van der Waals surface area contributed by atoms with E-state index in [9.17, 15) is 0 Å². The molecule has 0 N–H and O–H groups in total. The van der Waals surface area contributed by atoms with E-state index >= 15 is 0 Å². The van der Waals surface area contributed by atoms with Gasteiger partial charge in [-0.25, -0.2) is 9.67 Å². The molecule has 0 saturated carbocycles. The number of rotatable bonds is 8. The molecule has 37 heavy (non-hydrogen) atoms.